The number of nitrogens with one attached hydrogen (secondary N) is 1. The van der Waals surface area contributed by atoms with E-state index in [0.717, 1.165) is 17.4 Å². The summed E-state index contributed by atoms with van der Waals surface area (Å²) in [4.78, 5) is 6.39. The van der Waals surface area contributed by atoms with Crippen LogP contribution in [0.3, 0.4) is 0 Å². The molecule has 11 heteroatoms. The van der Waals surface area contributed by atoms with Crippen LogP contribution in [0.4, 0.5) is 5.88 Å². The molecule has 1 saturated heterocycles. The highest BCUT2D eigenvalue weighted by Crippen LogP contribution is 2.29. The molecule has 3 rings (SSSR count). The maximum atomic E-state index is 12.1. The van der Waals surface area contributed by atoms with E-state index in [9.17, 15) is 13.7 Å². The van der Waals surface area contributed by atoms with Gasteiger partial charge in [0, 0.05) is 39.8 Å². The monoisotopic (exact) mass is 409 g/mol. The van der Waals surface area contributed by atoms with Crippen LogP contribution in [-0.4, -0.2) is 75.6 Å². The van der Waals surface area contributed by atoms with Gasteiger partial charge in [0.2, 0.25) is 16.7 Å². The van der Waals surface area contributed by atoms with Crippen LogP contribution in [0.15, 0.2) is 26.1 Å². The first-order valence-corrected chi connectivity index (χ1v) is 10.3. The number of hydrogen-bond donors (Lipinski definition) is 1. The lowest BCUT2D eigenvalue weighted by molar-refractivity contribution is 0.0226. The first kappa shape index (κ1) is 20.3. The highest BCUT2D eigenvalue weighted by Gasteiger charge is 2.25. The molecular weight excluding hydrogens is 386 g/mol. The summed E-state index contributed by atoms with van der Waals surface area (Å²) in [5.41, 5.74) is 0.0811. The van der Waals surface area contributed by atoms with E-state index in [0.29, 0.717) is 19.8 Å². The Kier molecular flexibility index (Phi) is 6.04. The van der Waals surface area contributed by atoms with Gasteiger partial charge in [-0.3, -0.25) is 4.90 Å². The first-order valence-electron chi connectivity index (χ1n) is 8.82. The molecule has 1 aliphatic rings. The predicted molar refractivity (Wildman–Crippen MR) is 100 cm³/mol. The highest BCUT2D eigenvalue weighted by atomic mass is 32.2. The minimum Gasteiger partial charge on any atom is -0.438 e. The third-order valence-electron chi connectivity index (χ3n) is 4.49. The molecule has 0 bridgehead atoms. The third kappa shape index (κ3) is 4.20. The number of furan rings is 1. The van der Waals surface area contributed by atoms with Gasteiger partial charge in [0.15, 0.2) is 5.76 Å². The van der Waals surface area contributed by atoms with Gasteiger partial charge in [-0.1, -0.05) is 0 Å². The lowest BCUT2D eigenvalue weighted by Crippen LogP contribution is -2.45. The molecule has 0 aromatic carbocycles. The third-order valence-corrected chi connectivity index (χ3v) is 6.18. The van der Waals surface area contributed by atoms with Crippen molar-refractivity contribution in [1.82, 2.24) is 14.2 Å². The molecule has 2 aromatic rings. The van der Waals surface area contributed by atoms with Crippen molar-refractivity contribution >= 4 is 15.9 Å². The molecule has 1 unspecified atom stereocenters. The number of oxazole rings is 1. The van der Waals surface area contributed by atoms with Crippen LogP contribution in [0, 0.1) is 11.3 Å². The van der Waals surface area contributed by atoms with Gasteiger partial charge in [-0.2, -0.15) is 10.2 Å². The van der Waals surface area contributed by atoms with Crippen molar-refractivity contribution in [3.8, 4) is 17.7 Å². The van der Waals surface area contributed by atoms with Crippen LogP contribution in [0.2, 0.25) is 0 Å². The van der Waals surface area contributed by atoms with Crippen molar-refractivity contribution < 1.29 is 22.0 Å². The second-order valence-electron chi connectivity index (χ2n) is 6.59. The summed E-state index contributed by atoms with van der Waals surface area (Å²) >= 11 is 0. The summed E-state index contributed by atoms with van der Waals surface area (Å²) in [5, 5.41) is 12.2. The summed E-state index contributed by atoms with van der Waals surface area (Å²) in [6, 6.07) is 4.96. The maximum Gasteiger partial charge on any atom is 0.275 e. The van der Waals surface area contributed by atoms with E-state index in [2.05, 4.69) is 22.1 Å². The second-order valence-corrected chi connectivity index (χ2v) is 8.68. The van der Waals surface area contributed by atoms with Crippen molar-refractivity contribution in [2.75, 3.05) is 52.3 Å². The van der Waals surface area contributed by atoms with E-state index in [1.807, 2.05) is 6.07 Å². The summed E-state index contributed by atoms with van der Waals surface area (Å²) in [5.74, 6) is 0.399. The zero-order valence-electron chi connectivity index (χ0n) is 16.0. The molecule has 0 aliphatic carbocycles. The minimum atomic E-state index is -3.71. The Morgan fingerprint density at radius 1 is 1.32 bits per heavy atom. The molecule has 28 heavy (non-hydrogen) atoms. The standard InChI is InChI=1S/C17H23N5O5S/c1-12(22-6-8-25-9-7-22)11-19-16-13(10-18)20-17(27-16)14-4-5-15(26-14)28(23,24)21(2)3/h4-5,12,19H,6-9,11H2,1-3H3. The van der Waals surface area contributed by atoms with E-state index in [1.165, 1.54) is 26.2 Å². The fraction of sp³-hybridized carbons (Fsp3) is 0.529. The quantitative estimate of drug-likeness (QED) is 0.718. The molecule has 0 amide bonds. The summed E-state index contributed by atoms with van der Waals surface area (Å²) < 4.78 is 41.7. The van der Waals surface area contributed by atoms with Crippen molar-refractivity contribution in [3.05, 3.63) is 17.8 Å². The summed E-state index contributed by atoms with van der Waals surface area (Å²) in [7, 11) is -0.884. The van der Waals surface area contributed by atoms with Crippen molar-refractivity contribution in [1.29, 1.82) is 5.26 Å². The molecule has 1 N–H and O–H groups in total. The molecule has 1 atom stereocenters. The Morgan fingerprint density at radius 2 is 2.04 bits per heavy atom. The minimum absolute atomic E-state index is 0.0401. The largest absolute Gasteiger partial charge is 0.438 e. The van der Waals surface area contributed by atoms with Gasteiger partial charge in [0.05, 0.1) is 13.2 Å². The van der Waals surface area contributed by atoms with E-state index < -0.39 is 10.0 Å². The van der Waals surface area contributed by atoms with E-state index >= 15 is 0 Å². The Balaban J connectivity index is 1.74. The number of sulfonamides is 1. The molecule has 3 heterocycles. The van der Waals surface area contributed by atoms with Gasteiger partial charge in [0.1, 0.15) is 6.07 Å². The van der Waals surface area contributed by atoms with Gasteiger partial charge in [-0.15, -0.1) is 0 Å². The highest BCUT2D eigenvalue weighted by molar-refractivity contribution is 7.88. The number of hydrogen-bond acceptors (Lipinski definition) is 9. The van der Waals surface area contributed by atoms with Crippen LogP contribution in [0.1, 0.15) is 12.6 Å². The second kappa shape index (κ2) is 8.32. The summed E-state index contributed by atoms with van der Waals surface area (Å²) in [6.45, 7) is 5.75. The van der Waals surface area contributed by atoms with Crippen molar-refractivity contribution in [2.24, 2.45) is 0 Å². The maximum absolute atomic E-state index is 12.1. The Labute approximate surface area is 163 Å². The molecule has 0 spiro atoms. The van der Waals surface area contributed by atoms with Gasteiger partial charge in [-0.05, 0) is 19.1 Å². The molecule has 0 radical (unpaired) electrons. The normalized spacial score (nSPS) is 16.8. The van der Waals surface area contributed by atoms with Crippen LogP contribution in [0.5, 0.6) is 0 Å². The average Bonchev–Trinajstić information content (AvgIpc) is 3.33. The topological polar surface area (TPSA) is 125 Å². The molecule has 1 aliphatic heterocycles. The molecule has 2 aromatic heterocycles. The van der Waals surface area contributed by atoms with Crippen molar-refractivity contribution in [2.45, 2.75) is 18.1 Å². The van der Waals surface area contributed by atoms with E-state index in [-0.39, 0.29) is 34.4 Å². The molecule has 1 fully saturated rings. The van der Waals surface area contributed by atoms with E-state index in [4.69, 9.17) is 13.6 Å². The SMILES string of the molecule is CC(CNc1oc(-c2ccc(S(=O)(=O)N(C)C)o2)nc1C#N)N1CCOCC1. The number of ether oxygens (including phenoxy) is 1. The zero-order valence-corrected chi connectivity index (χ0v) is 16.8. The number of anilines is 1. The van der Waals surface area contributed by atoms with E-state index in [1.54, 1.807) is 0 Å². The molecule has 0 saturated carbocycles. The molecule has 10 nitrogen and oxygen atoms in total. The fourth-order valence-corrected chi connectivity index (χ4v) is 3.56. The molecular formula is C17H23N5O5S. The summed E-state index contributed by atoms with van der Waals surface area (Å²) in [6.07, 6.45) is 0. The number of rotatable bonds is 7. The lowest BCUT2D eigenvalue weighted by atomic mass is 10.2. The zero-order chi connectivity index (χ0) is 20.3. The van der Waals surface area contributed by atoms with Gasteiger partial charge in [0.25, 0.3) is 15.9 Å². The first-order chi connectivity index (χ1) is 13.3. The number of nitriles is 1. The Bertz CT molecular complexity index is 953. The lowest BCUT2D eigenvalue weighted by Gasteiger charge is -2.32. The smallest absolute Gasteiger partial charge is 0.275 e. The number of morpholine rings is 1. The number of nitrogens with zero attached hydrogens (tertiary/aromatic N) is 4. The van der Waals surface area contributed by atoms with Gasteiger partial charge < -0.3 is 18.9 Å². The van der Waals surface area contributed by atoms with Crippen LogP contribution < -0.4 is 5.32 Å². The van der Waals surface area contributed by atoms with Gasteiger partial charge >= 0.3 is 0 Å². The van der Waals surface area contributed by atoms with Crippen LogP contribution in [0.25, 0.3) is 11.7 Å². The van der Waals surface area contributed by atoms with Crippen LogP contribution in [-0.2, 0) is 14.8 Å². The average molecular weight is 409 g/mol. The number of aromatic nitrogens is 1. The predicted octanol–water partition coefficient (Wildman–Crippen LogP) is 1.19. The van der Waals surface area contributed by atoms with Crippen molar-refractivity contribution in [3.63, 3.8) is 0 Å². The Hall–Kier alpha value is -2.39. The Morgan fingerprint density at radius 3 is 2.68 bits per heavy atom. The van der Waals surface area contributed by atoms with Crippen LogP contribution >= 0.6 is 0 Å². The van der Waals surface area contributed by atoms with Gasteiger partial charge in [-0.25, -0.2) is 12.7 Å². The fourth-order valence-electron chi connectivity index (χ4n) is 2.76. The molecule has 152 valence electrons.